The molecule has 3 rings (SSSR count). The Morgan fingerprint density at radius 2 is 1.85 bits per heavy atom. The van der Waals surface area contributed by atoms with Crippen LogP contribution in [0.15, 0.2) is 42.5 Å². The summed E-state index contributed by atoms with van der Waals surface area (Å²) in [5.41, 5.74) is 2.35. The van der Waals surface area contributed by atoms with E-state index in [1.165, 1.54) is 16.7 Å². The number of nitrogens with zero attached hydrogens (tertiary/aromatic N) is 1. The summed E-state index contributed by atoms with van der Waals surface area (Å²) in [7, 11) is 0. The molecule has 4 nitrogen and oxygen atoms in total. The standard InChI is InChI=1S/C19H17Cl2NO3S/c1-2-11-3-5-12(6-4-11)17(23)22-16(19(24)25)10-26-18(22)13-7-8-14(20)15(21)9-13/h3-9,16,18H,2,10H2,1H3,(H,24,25). The molecule has 0 bridgehead atoms. The molecule has 2 aromatic rings. The maximum absolute atomic E-state index is 13.1. The van der Waals surface area contributed by atoms with Crippen molar-refractivity contribution in [3.05, 3.63) is 69.2 Å². The molecule has 1 amide bonds. The summed E-state index contributed by atoms with van der Waals surface area (Å²) in [4.78, 5) is 26.2. The Hall–Kier alpha value is -1.69. The van der Waals surface area contributed by atoms with Crippen LogP contribution in [0.4, 0.5) is 0 Å². The summed E-state index contributed by atoms with van der Waals surface area (Å²) < 4.78 is 0. The number of benzene rings is 2. The second-order valence-corrected chi connectivity index (χ2v) is 7.90. The van der Waals surface area contributed by atoms with Crippen molar-refractivity contribution in [2.24, 2.45) is 0 Å². The van der Waals surface area contributed by atoms with Gasteiger partial charge in [-0.15, -0.1) is 11.8 Å². The number of hydrogen-bond acceptors (Lipinski definition) is 3. The fourth-order valence-electron chi connectivity index (χ4n) is 2.90. The highest BCUT2D eigenvalue weighted by molar-refractivity contribution is 7.99. The lowest BCUT2D eigenvalue weighted by molar-refractivity contribution is -0.141. The molecule has 26 heavy (non-hydrogen) atoms. The number of rotatable bonds is 4. The minimum absolute atomic E-state index is 0.305. The van der Waals surface area contributed by atoms with E-state index in [9.17, 15) is 14.7 Å². The first kappa shape index (κ1) is 19.1. The molecule has 1 aliphatic rings. The second kappa shape index (κ2) is 7.91. The Morgan fingerprint density at radius 3 is 2.42 bits per heavy atom. The highest BCUT2D eigenvalue weighted by atomic mass is 35.5. The zero-order chi connectivity index (χ0) is 18.8. The molecule has 1 saturated heterocycles. The van der Waals surface area contributed by atoms with Gasteiger partial charge in [0.15, 0.2) is 0 Å². The van der Waals surface area contributed by atoms with E-state index >= 15 is 0 Å². The average Bonchev–Trinajstić information content (AvgIpc) is 3.09. The summed E-state index contributed by atoms with van der Waals surface area (Å²) in [6.07, 6.45) is 0.873. The number of amides is 1. The van der Waals surface area contributed by atoms with Crippen LogP contribution in [0.1, 0.15) is 33.8 Å². The Balaban J connectivity index is 1.97. The van der Waals surface area contributed by atoms with Crippen LogP contribution in [0.5, 0.6) is 0 Å². The minimum Gasteiger partial charge on any atom is -0.480 e. The molecular formula is C19H17Cl2NO3S. The molecule has 0 aromatic heterocycles. The van der Waals surface area contributed by atoms with E-state index in [1.54, 1.807) is 30.3 Å². The lowest BCUT2D eigenvalue weighted by Crippen LogP contribution is -2.43. The van der Waals surface area contributed by atoms with Crippen molar-refractivity contribution in [3.8, 4) is 0 Å². The van der Waals surface area contributed by atoms with E-state index in [2.05, 4.69) is 0 Å². The molecule has 136 valence electrons. The zero-order valence-corrected chi connectivity index (χ0v) is 16.3. The highest BCUT2D eigenvalue weighted by Gasteiger charge is 2.42. The number of hydrogen-bond donors (Lipinski definition) is 1. The van der Waals surface area contributed by atoms with Gasteiger partial charge in [-0.3, -0.25) is 4.79 Å². The van der Waals surface area contributed by atoms with Crippen molar-refractivity contribution in [1.82, 2.24) is 4.90 Å². The Morgan fingerprint density at radius 1 is 1.15 bits per heavy atom. The smallest absolute Gasteiger partial charge is 0.327 e. The molecular weight excluding hydrogens is 393 g/mol. The second-order valence-electron chi connectivity index (χ2n) is 5.98. The van der Waals surface area contributed by atoms with Crippen molar-refractivity contribution < 1.29 is 14.7 Å². The zero-order valence-electron chi connectivity index (χ0n) is 14.0. The van der Waals surface area contributed by atoms with E-state index in [1.807, 2.05) is 19.1 Å². The number of carboxylic acids is 1. The largest absolute Gasteiger partial charge is 0.480 e. The number of carbonyl (C=O) groups excluding carboxylic acids is 1. The third-order valence-electron chi connectivity index (χ3n) is 4.36. The van der Waals surface area contributed by atoms with Crippen molar-refractivity contribution in [3.63, 3.8) is 0 Å². The molecule has 1 N–H and O–H groups in total. The summed E-state index contributed by atoms with van der Waals surface area (Å²) in [5.74, 6) is -1.00. The third kappa shape index (κ3) is 3.70. The first-order chi connectivity index (χ1) is 12.4. The number of aliphatic carboxylic acids is 1. The fraction of sp³-hybridized carbons (Fsp3) is 0.263. The summed E-state index contributed by atoms with van der Waals surface area (Å²) in [5, 5.41) is 9.94. The molecule has 0 spiro atoms. The number of thioether (sulfide) groups is 1. The monoisotopic (exact) mass is 409 g/mol. The predicted molar refractivity (Wildman–Crippen MR) is 105 cm³/mol. The van der Waals surface area contributed by atoms with Crippen LogP contribution in [0.3, 0.4) is 0 Å². The van der Waals surface area contributed by atoms with Crippen LogP contribution in [-0.2, 0) is 11.2 Å². The lowest BCUT2D eigenvalue weighted by atomic mass is 10.1. The quantitative estimate of drug-likeness (QED) is 0.779. The molecule has 0 radical (unpaired) electrons. The van der Waals surface area contributed by atoms with Gasteiger partial charge in [0.2, 0.25) is 0 Å². The Kier molecular flexibility index (Phi) is 5.80. The molecule has 2 aromatic carbocycles. The number of carbonyl (C=O) groups is 2. The van der Waals surface area contributed by atoms with E-state index in [0.717, 1.165) is 17.5 Å². The molecule has 2 unspecified atom stereocenters. The minimum atomic E-state index is -1.02. The van der Waals surface area contributed by atoms with Crippen molar-refractivity contribution >= 4 is 46.8 Å². The molecule has 7 heteroatoms. The van der Waals surface area contributed by atoms with E-state index < -0.39 is 17.4 Å². The predicted octanol–water partition coefficient (Wildman–Crippen LogP) is 4.90. The van der Waals surface area contributed by atoms with Gasteiger partial charge in [-0.1, -0.05) is 48.3 Å². The molecule has 2 atom stereocenters. The van der Waals surface area contributed by atoms with Gasteiger partial charge in [0, 0.05) is 11.3 Å². The maximum atomic E-state index is 13.1. The summed E-state index contributed by atoms with van der Waals surface area (Å²) in [6, 6.07) is 11.5. The topological polar surface area (TPSA) is 57.6 Å². The van der Waals surface area contributed by atoms with Gasteiger partial charge in [0.25, 0.3) is 5.91 Å². The summed E-state index contributed by atoms with van der Waals surface area (Å²) >= 11 is 13.5. The molecule has 1 heterocycles. The van der Waals surface area contributed by atoms with Crippen LogP contribution in [0, 0.1) is 0 Å². The van der Waals surface area contributed by atoms with Gasteiger partial charge in [-0.25, -0.2) is 4.79 Å². The number of aryl methyl sites for hydroxylation is 1. The van der Waals surface area contributed by atoms with Gasteiger partial charge < -0.3 is 10.0 Å². The van der Waals surface area contributed by atoms with Crippen LogP contribution in [0.2, 0.25) is 10.0 Å². The lowest BCUT2D eigenvalue weighted by Gasteiger charge is -2.28. The average molecular weight is 410 g/mol. The van der Waals surface area contributed by atoms with Crippen LogP contribution in [0.25, 0.3) is 0 Å². The van der Waals surface area contributed by atoms with Gasteiger partial charge in [-0.2, -0.15) is 0 Å². The van der Waals surface area contributed by atoms with E-state index in [0.29, 0.717) is 21.4 Å². The Bertz CT molecular complexity index is 841. The van der Waals surface area contributed by atoms with Gasteiger partial charge in [-0.05, 0) is 41.8 Å². The van der Waals surface area contributed by atoms with Crippen molar-refractivity contribution in [2.45, 2.75) is 24.8 Å². The number of carboxylic acid groups (broad SMARTS) is 1. The summed E-state index contributed by atoms with van der Waals surface area (Å²) in [6.45, 7) is 2.04. The molecule has 0 aliphatic carbocycles. The Labute approximate surface area is 166 Å². The molecule has 1 fully saturated rings. The van der Waals surface area contributed by atoms with E-state index in [4.69, 9.17) is 23.2 Å². The highest BCUT2D eigenvalue weighted by Crippen LogP contribution is 2.43. The fourth-order valence-corrected chi connectivity index (χ4v) is 4.62. The maximum Gasteiger partial charge on any atom is 0.327 e. The first-order valence-corrected chi connectivity index (χ1v) is 9.93. The van der Waals surface area contributed by atoms with Crippen LogP contribution >= 0.6 is 35.0 Å². The van der Waals surface area contributed by atoms with Gasteiger partial charge in [0.1, 0.15) is 11.4 Å². The van der Waals surface area contributed by atoms with Crippen molar-refractivity contribution in [1.29, 1.82) is 0 Å². The third-order valence-corrected chi connectivity index (χ3v) is 6.42. The van der Waals surface area contributed by atoms with Crippen LogP contribution < -0.4 is 0 Å². The normalized spacial score (nSPS) is 19.6. The van der Waals surface area contributed by atoms with Gasteiger partial charge >= 0.3 is 5.97 Å². The van der Waals surface area contributed by atoms with E-state index in [-0.39, 0.29) is 5.91 Å². The van der Waals surface area contributed by atoms with Crippen LogP contribution in [-0.4, -0.2) is 33.7 Å². The first-order valence-electron chi connectivity index (χ1n) is 8.13. The molecule has 1 aliphatic heterocycles. The SMILES string of the molecule is CCc1ccc(C(=O)N2C(C(=O)O)CSC2c2ccc(Cl)c(Cl)c2)cc1. The van der Waals surface area contributed by atoms with Crippen molar-refractivity contribution in [2.75, 3.05) is 5.75 Å². The number of halogens is 2. The molecule has 0 saturated carbocycles. The van der Waals surface area contributed by atoms with Gasteiger partial charge in [0.05, 0.1) is 10.0 Å².